The lowest BCUT2D eigenvalue weighted by molar-refractivity contribution is -0.160. The second kappa shape index (κ2) is 13.5. The predicted molar refractivity (Wildman–Crippen MR) is 139 cm³/mol. The van der Waals surface area contributed by atoms with Crippen LogP contribution >= 0.6 is 11.3 Å². The fraction of sp³-hybridized carbons (Fsp3) is 0.630. The molecular formula is C27H38F3NO6S. The second-order valence-electron chi connectivity index (χ2n) is 10.4. The number of ketones is 1. The van der Waals surface area contributed by atoms with Gasteiger partial charge in [-0.05, 0) is 31.4 Å². The summed E-state index contributed by atoms with van der Waals surface area (Å²) in [6, 6.07) is 0. The van der Waals surface area contributed by atoms with Crippen LogP contribution in [-0.2, 0) is 16.1 Å². The van der Waals surface area contributed by atoms with Gasteiger partial charge in [0, 0.05) is 34.6 Å². The van der Waals surface area contributed by atoms with Crippen LogP contribution in [0.2, 0.25) is 0 Å². The van der Waals surface area contributed by atoms with Crippen LogP contribution in [0.5, 0.6) is 0 Å². The summed E-state index contributed by atoms with van der Waals surface area (Å²) in [6.45, 7) is 7.53. The van der Waals surface area contributed by atoms with Gasteiger partial charge in [0.15, 0.2) is 6.29 Å². The van der Waals surface area contributed by atoms with Gasteiger partial charge < -0.3 is 25.2 Å². The van der Waals surface area contributed by atoms with Gasteiger partial charge in [-0.2, -0.15) is 13.2 Å². The van der Waals surface area contributed by atoms with E-state index in [-0.39, 0.29) is 19.4 Å². The number of nitrogens with zero attached hydrogens (tertiary/aromatic N) is 1. The highest BCUT2D eigenvalue weighted by Gasteiger charge is 2.42. The van der Waals surface area contributed by atoms with Gasteiger partial charge in [0.2, 0.25) is 0 Å². The van der Waals surface area contributed by atoms with Crippen LogP contribution in [-0.4, -0.2) is 62.0 Å². The van der Waals surface area contributed by atoms with E-state index in [1.807, 2.05) is 0 Å². The first-order valence-electron chi connectivity index (χ1n) is 12.5. The normalized spacial score (nSPS) is 33.0. The number of hydrogen-bond acceptors (Lipinski definition) is 8. The zero-order valence-electron chi connectivity index (χ0n) is 22.3. The Balaban J connectivity index is 2.49. The SMILES string of the molecule is C/C(=C\c1csc(CO)n1)[C@@H]1C/C=C(/C(F)(F)F)C/C=C/[C@H](C)[C@H](O)[C@@H](C)C(=O)C(C)(C)[C@@H](O)CC(O)O1. The lowest BCUT2D eigenvalue weighted by Crippen LogP contribution is -2.46. The molecule has 6 atom stereocenters. The van der Waals surface area contributed by atoms with Gasteiger partial charge in [-0.15, -0.1) is 11.3 Å². The Kier molecular flexibility index (Phi) is 11.4. The molecule has 1 aliphatic heterocycles. The number of aliphatic hydroxyl groups is 4. The van der Waals surface area contributed by atoms with Crippen molar-refractivity contribution in [1.82, 2.24) is 4.98 Å². The van der Waals surface area contributed by atoms with Crippen LogP contribution in [0.3, 0.4) is 0 Å². The molecule has 11 heteroatoms. The minimum atomic E-state index is -4.62. The van der Waals surface area contributed by atoms with Crippen molar-refractivity contribution in [2.24, 2.45) is 17.3 Å². The average molecular weight is 562 g/mol. The number of alkyl halides is 3. The number of aromatic nitrogens is 1. The lowest BCUT2D eigenvalue weighted by Gasteiger charge is -2.35. The summed E-state index contributed by atoms with van der Waals surface area (Å²) in [5.41, 5.74) is -1.20. The largest absolute Gasteiger partial charge is 0.412 e. The standard InChI is InChI=1S/C27H38F3NO6S/c1-15-7-6-8-18(27(28,29)30)9-10-20(16(2)11-19-14-38-22(13-32)31-19)37-23(34)12-21(33)26(4,5)25(36)17(3)24(15)35/h6-7,9,11,14-15,17,20-21,23-24,32-35H,8,10,12-13H2,1-5H3/b7-6+,16-11+,18-9+/t15-,17+,20-,21-,23?,24-/m0/s1. The molecular weight excluding hydrogens is 523 g/mol. The number of allylic oxidation sites excluding steroid dienone is 2. The lowest BCUT2D eigenvalue weighted by atomic mass is 9.73. The number of ether oxygens (including phenoxy) is 1. The Morgan fingerprint density at radius 2 is 1.92 bits per heavy atom. The van der Waals surface area contributed by atoms with E-state index in [0.717, 1.165) is 6.08 Å². The van der Waals surface area contributed by atoms with Crippen molar-refractivity contribution in [2.45, 2.75) is 91.3 Å². The molecule has 2 heterocycles. The highest BCUT2D eigenvalue weighted by Crippen LogP contribution is 2.34. The smallest absolute Gasteiger partial charge is 0.392 e. The Labute approximate surface area is 225 Å². The summed E-state index contributed by atoms with van der Waals surface area (Å²) in [7, 11) is 0. The molecule has 0 amide bonds. The highest BCUT2D eigenvalue weighted by molar-refractivity contribution is 7.09. The zero-order chi connectivity index (χ0) is 28.8. The second-order valence-corrected chi connectivity index (χ2v) is 11.3. The number of Topliss-reactive ketones (excluding diaryl/α,β-unsaturated/α-hetero) is 1. The average Bonchev–Trinajstić information content (AvgIpc) is 3.29. The summed E-state index contributed by atoms with van der Waals surface area (Å²) in [4.78, 5) is 17.4. The molecule has 1 aliphatic rings. The van der Waals surface area contributed by atoms with Gasteiger partial charge in [0.25, 0.3) is 0 Å². The molecule has 7 nitrogen and oxygen atoms in total. The monoisotopic (exact) mass is 561 g/mol. The van der Waals surface area contributed by atoms with Crippen molar-refractivity contribution < 1.29 is 43.1 Å². The summed E-state index contributed by atoms with van der Waals surface area (Å²) in [5, 5.41) is 43.6. The van der Waals surface area contributed by atoms with Crippen LogP contribution in [0.25, 0.3) is 6.08 Å². The maximum absolute atomic E-state index is 13.8. The molecule has 1 unspecified atom stereocenters. The molecule has 2 rings (SSSR count). The number of carbonyl (C=O) groups is 1. The van der Waals surface area contributed by atoms with E-state index in [4.69, 9.17) is 4.74 Å². The predicted octanol–water partition coefficient (Wildman–Crippen LogP) is 4.56. The van der Waals surface area contributed by atoms with Crippen LogP contribution in [0.15, 0.2) is 34.8 Å². The third-order valence-corrected chi connectivity index (χ3v) is 7.84. The maximum Gasteiger partial charge on any atom is 0.412 e. The third kappa shape index (κ3) is 8.56. The Bertz CT molecular complexity index is 1030. The minimum absolute atomic E-state index is 0.229. The van der Waals surface area contributed by atoms with Gasteiger partial charge in [0.1, 0.15) is 10.8 Å². The summed E-state index contributed by atoms with van der Waals surface area (Å²) < 4.78 is 47.1. The summed E-state index contributed by atoms with van der Waals surface area (Å²) >= 11 is 1.22. The van der Waals surface area contributed by atoms with Crippen molar-refractivity contribution >= 4 is 23.2 Å². The molecule has 0 bridgehead atoms. The van der Waals surface area contributed by atoms with Crippen LogP contribution < -0.4 is 0 Å². The van der Waals surface area contributed by atoms with Crippen LogP contribution in [0.4, 0.5) is 13.2 Å². The molecule has 0 radical (unpaired) electrons. The minimum Gasteiger partial charge on any atom is -0.392 e. The van der Waals surface area contributed by atoms with Crippen molar-refractivity contribution in [3.63, 3.8) is 0 Å². The summed E-state index contributed by atoms with van der Waals surface area (Å²) in [5.74, 6) is -1.97. The Morgan fingerprint density at radius 3 is 2.50 bits per heavy atom. The first kappa shape index (κ1) is 32.3. The molecule has 1 aromatic heterocycles. The van der Waals surface area contributed by atoms with E-state index in [2.05, 4.69) is 4.98 Å². The number of thiazole rings is 1. The Morgan fingerprint density at radius 1 is 1.26 bits per heavy atom. The Hall–Kier alpha value is -1.89. The fourth-order valence-electron chi connectivity index (χ4n) is 4.32. The van der Waals surface area contributed by atoms with Gasteiger partial charge >= 0.3 is 6.18 Å². The van der Waals surface area contributed by atoms with Crippen molar-refractivity contribution in [3.8, 4) is 0 Å². The maximum atomic E-state index is 13.8. The van der Waals surface area contributed by atoms with Gasteiger partial charge in [-0.3, -0.25) is 4.79 Å². The zero-order valence-corrected chi connectivity index (χ0v) is 23.1. The first-order valence-corrected chi connectivity index (χ1v) is 13.4. The van der Waals surface area contributed by atoms with E-state index in [9.17, 15) is 38.4 Å². The highest BCUT2D eigenvalue weighted by atomic mass is 32.1. The molecule has 1 aromatic rings. The van der Waals surface area contributed by atoms with Crippen molar-refractivity contribution in [2.75, 3.05) is 0 Å². The van der Waals surface area contributed by atoms with Gasteiger partial charge in [0.05, 0.1) is 30.6 Å². The van der Waals surface area contributed by atoms with E-state index in [1.54, 1.807) is 25.3 Å². The quantitative estimate of drug-likeness (QED) is 0.400. The van der Waals surface area contributed by atoms with E-state index < -0.39 is 65.8 Å². The molecule has 214 valence electrons. The van der Waals surface area contributed by atoms with Crippen LogP contribution in [0.1, 0.15) is 64.6 Å². The van der Waals surface area contributed by atoms with E-state index in [1.165, 1.54) is 44.3 Å². The molecule has 0 saturated carbocycles. The topological polar surface area (TPSA) is 120 Å². The van der Waals surface area contributed by atoms with Gasteiger partial charge in [-0.25, -0.2) is 4.98 Å². The molecule has 0 aliphatic carbocycles. The molecule has 4 N–H and O–H groups in total. The fourth-order valence-corrected chi connectivity index (χ4v) is 4.93. The molecule has 0 fully saturated rings. The van der Waals surface area contributed by atoms with Gasteiger partial charge in [-0.1, -0.05) is 45.9 Å². The van der Waals surface area contributed by atoms with Crippen LogP contribution in [0, 0.1) is 17.3 Å². The third-order valence-electron chi connectivity index (χ3n) is 6.99. The number of carbonyl (C=O) groups excluding carboxylic acids is 1. The molecule has 0 spiro atoms. The number of rotatable bonds is 3. The molecule has 0 saturated heterocycles. The van der Waals surface area contributed by atoms with E-state index >= 15 is 0 Å². The van der Waals surface area contributed by atoms with Crippen molar-refractivity contribution in [3.05, 3.63) is 45.5 Å². The number of hydrogen-bond donors (Lipinski definition) is 4. The van der Waals surface area contributed by atoms with Crippen molar-refractivity contribution in [1.29, 1.82) is 0 Å². The van der Waals surface area contributed by atoms with E-state index in [0.29, 0.717) is 16.3 Å². The molecule has 0 aromatic carbocycles. The number of aliphatic hydroxyl groups excluding tert-OH is 4. The summed E-state index contributed by atoms with van der Waals surface area (Å²) in [6.07, 6.45) is -5.41. The molecule has 38 heavy (non-hydrogen) atoms. The number of halogens is 3. The first-order chi connectivity index (χ1) is 17.6.